The van der Waals surface area contributed by atoms with E-state index >= 15 is 0 Å². The Hall–Kier alpha value is -2.52. The number of aromatic nitrogens is 2. The highest BCUT2D eigenvalue weighted by atomic mass is 32.2. The van der Waals surface area contributed by atoms with Gasteiger partial charge in [-0.2, -0.15) is 4.31 Å². The molecule has 2 aliphatic rings. The molecule has 8 nitrogen and oxygen atoms in total. The van der Waals surface area contributed by atoms with Crippen LogP contribution in [-0.4, -0.2) is 65.0 Å². The van der Waals surface area contributed by atoms with E-state index in [2.05, 4.69) is 9.97 Å². The van der Waals surface area contributed by atoms with Crippen LogP contribution in [0.2, 0.25) is 0 Å². The number of likely N-dealkylation sites (tertiary alicyclic amines) is 1. The molecule has 0 bridgehead atoms. The molecule has 0 N–H and O–H groups in total. The first-order valence-electron chi connectivity index (χ1n) is 9.54. The Morgan fingerprint density at radius 1 is 1.17 bits per heavy atom. The molecule has 1 aromatic carbocycles. The van der Waals surface area contributed by atoms with Crippen molar-refractivity contribution < 1.29 is 17.9 Å². The van der Waals surface area contributed by atoms with E-state index in [-0.39, 0.29) is 12.5 Å². The summed E-state index contributed by atoms with van der Waals surface area (Å²) in [6, 6.07) is 5.86. The van der Waals surface area contributed by atoms with E-state index < -0.39 is 15.6 Å². The maximum Gasteiger partial charge on any atom is 0.256 e. The number of hydrogen-bond donors (Lipinski definition) is 0. The maximum atomic E-state index is 12.7. The molecule has 2 aliphatic heterocycles. The average molecular weight is 417 g/mol. The minimum Gasteiger partial charge on any atom is -0.485 e. The first kappa shape index (κ1) is 19.8. The molecule has 2 aromatic rings. The number of ether oxygens (including phenoxy) is 1. The SMILES string of the molecule is Cc1ccc2c(c1)CN(S(C)(=O)=O)CC1(CCN(C(=O)c3cncnc3)CC1)O2. The lowest BCUT2D eigenvalue weighted by atomic mass is 9.90. The highest BCUT2D eigenvalue weighted by molar-refractivity contribution is 7.88. The molecular weight excluding hydrogens is 392 g/mol. The van der Waals surface area contributed by atoms with Gasteiger partial charge in [0.15, 0.2) is 0 Å². The number of sulfonamides is 1. The van der Waals surface area contributed by atoms with E-state index in [1.165, 1.54) is 29.3 Å². The van der Waals surface area contributed by atoms with Crippen LogP contribution in [0.25, 0.3) is 0 Å². The first-order valence-corrected chi connectivity index (χ1v) is 11.4. The topological polar surface area (TPSA) is 92.7 Å². The number of piperidine rings is 1. The van der Waals surface area contributed by atoms with Crippen molar-refractivity contribution in [3.8, 4) is 5.75 Å². The predicted octanol–water partition coefficient (Wildman–Crippen LogP) is 1.61. The lowest BCUT2D eigenvalue weighted by molar-refractivity contribution is -0.00251. The Labute approximate surface area is 170 Å². The minimum atomic E-state index is -3.40. The third-order valence-corrected chi connectivity index (χ3v) is 6.79. The molecule has 0 aliphatic carbocycles. The van der Waals surface area contributed by atoms with Crippen LogP contribution >= 0.6 is 0 Å². The van der Waals surface area contributed by atoms with Crippen LogP contribution in [0.4, 0.5) is 0 Å². The van der Waals surface area contributed by atoms with Crippen molar-refractivity contribution in [3.05, 3.63) is 53.6 Å². The lowest BCUT2D eigenvalue weighted by Crippen LogP contribution is -2.55. The third-order valence-electron chi connectivity index (χ3n) is 5.59. The van der Waals surface area contributed by atoms with Gasteiger partial charge >= 0.3 is 0 Å². The number of aryl methyl sites for hydroxylation is 1. The molecule has 1 spiro atoms. The molecule has 0 unspecified atom stereocenters. The molecule has 0 atom stereocenters. The number of carbonyl (C=O) groups excluding carboxylic acids is 1. The summed E-state index contributed by atoms with van der Waals surface area (Å²) >= 11 is 0. The standard InChI is InChI=1S/C20H24N4O4S/c1-15-3-4-18-16(9-15)12-24(29(2,26)27)13-20(28-18)5-7-23(8-6-20)19(25)17-10-21-14-22-11-17/h3-4,9-11,14H,5-8,12-13H2,1-2H3. The second-order valence-corrected chi connectivity index (χ2v) is 9.83. The van der Waals surface area contributed by atoms with Gasteiger partial charge in [0.2, 0.25) is 10.0 Å². The van der Waals surface area contributed by atoms with E-state index in [0.717, 1.165) is 16.9 Å². The van der Waals surface area contributed by atoms with E-state index in [4.69, 9.17) is 4.74 Å². The molecule has 9 heteroatoms. The van der Waals surface area contributed by atoms with Gasteiger partial charge in [0, 0.05) is 50.4 Å². The second-order valence-electron chi connectivity index (χ2n) is 7.85. The van der Waals surface area contributed by atoms with Gasteiger partial charge in [-0.1, -0.05) is 17.7 Å². The Morgan fingerprint density at radius 2 is 1.86 bits per heavy atom. The number of benzene rings is 1. The van der Waals surface area contributed by atoms with E-state index in [1.54, 1.807) is 4.90 Å². The molecule has 1 amide bonds. The van der Waals surface area contributed by atoms with Gasteiger partial charge in [-0.25, -0.2) is 18.4 Å². The fourth-order valence-electron chi connectivity index (χ4n) is 3.97. The average Bonchev–Trinajstić information content (AvgIpc) is 2.85. The highest BCUT2D eigenvalue weighted by Gasteiger charge is 2.43. The number of carbonyl (C=O) groups is 1. The largest absolute Gasteiger partial charge is 0.485 e. The van der Waals surface area contributed by atoms with Crippen LogP contribution in [0.3, 0.4) is 0 Å². The molecule has 29 heavy (non-hydrogen) atoms. The van der Waals surface area contributed by atoms with Crippen LogP contribution in [0, 0.1) is 6.92 Å². The summed E-state index contributed by atoms with van der Waals surface area (Å²) in [5.41, 5.74) is 1.71. The highest BCUT2D eigenvalue weighted by Crippen LogP contribution is 2.37. The summed E-state index contributed by atoms with van der Waals surface area (Å²) < 4.78 is 32.7. The van der Waals surface area contributed by atoms with Gasteiger partial charge in [-0.05, 0) is 13.0 Å². The summed E-state index contributed by atoms with van der Waals surface area (Å²) in [6.45, 7) is 3.50. The molecule has 4 rings (SSSR count). The summed E-state index contributed by atoms with van der Waals surface area (Å²) in [7, 11) is -3.40. The summed E-state index contributed by atoms with van der Waals surface area (Å²) in [5.74, 6) is 0.600. The number of hydrogen-bond acceptors (Lipinski definition) is 6. The van der Waals surface area contributed by atoms with Gasteiger partial charge in [-0.3, -0.25) is 4.79 Å². The Bertz CT molecular complexity index is 1020. The number of rotatable bonds is 2. The molecule has 1 fully saturated rings. The van der Waals surface area contributed by atoms with E-state index in [1.807, 2.05) is 25.1 Å². The number of nitrogens with zero attached hydrogens (tertiary/aromatic N) is 4. The molecule has 154 valence electrons. The van der Waals surface area contributed by atoms with E-state index in [0.29, 0.717) is 38.0 Å². The Morgan fingerprint density at radius 3 is 2.52 bits per heavy atom. The van der Waals surface area contributed by atoms with E-state index in [9.17, 15) is 13.2 Å². The van der Waals surface area contributed by atoms with Gasteiger partial charge in [0.05, 0.1) is 18.4 Å². The van der Waals surface area contributed by atoms with Crippen molar-refractivity contribution in [2.24, 2.45) is 0 Å². The van der Waals surface area contributed by atoms with Crippen molar-refractivity contribution in [3.63, 3.8) is 0 Å². The van der Waals surface area contributed by atoms with Crippen LogP contribution in [-0.2, 0) is 16.6 Å². The number of fused-ring (bicyclic) bond motifs is 1. The zero-order valence-electron chi connectivity index (χ0n) is 16.5. The van der Waals surface area contributed by atoms with Crippen LogP contribution in [0.5, 0.6) is 5.75 Å². The second kappa shape index (κ2) is 7.38. The van der Waals surface area contributed by atoms with Crippen LogP contribution in [0.1, 0.15) is 34.3 Å². The van der Waals surface area contributed by atoms with Gasteiger partial charge in [-0.15, -0.1) is 0 Å². The zero-order chi connectivity index (χ0) is 20.6. The zero-order valence-corrected chi connectivity index (χ0v) is 17.4. The summed E-state index contributed by atoms with van der Waals surface area (Å²) in [6.07, 6.45) is 6.73. The number of amides is 1. The van der Waals surface area contributed by atoms with Crippen LogP contribution in [0.15, 0.2) is 36.9 Å². The first-order chi connectivity index (χ1) is 13.8. The normalized spacial score (nSPS) is 19.3. The lowest BCUT2D eigenvalue weighted by Gasteiger charge is -2.42. The van der Waals surface area contributed by atoms with Gasteiger partial charge in [0.1, 0.15) is 17.7 Å². The summed E-state index contributed by atoms with van der Waals surface area (Å²) in [5, 5.41) is 0. The van der Waals surface area contributed by atoms with Crippen molar-refractivity contribution in [2.45, 2.75) is 31.9 Å². The Balaban J connectivity index is 1.58. The third kappa shape index (κ3) is 4.11. The maximum absolute atomic E-state index is 12.7. The molecule has 0 radical (unpaired) electrons. The van der Waals surface area contributed by atoms with Crippen molar-refractivity contribution in [2.75, 3.05) is 25.9 Å². The molecule has 3 heterocycles. The predicted molar refractivity (Wildman–Crippen MR) is 107 cm³/mol. The molecule has 1 saturated heterocycles. The molecule has 0 saturated carbocycles. The monoisotopic (exact) mass is 416 g/mol. The van der Waals surface area contributed by atoms with Gasteiger partial charge < -0.3 is 9.64 Å². The smallest absolute Gasteiger partial charge is 0.256 e. The van der Waals surface area contributed by atoms with Crippen molar-refractivity contribution in [1.82, 2.24) is 19.2 Å². The van der Waals surface area contributed by atoms with Gasteiger partial charge in [0.25, 0.3) is 5.91 Å². The quantitative estimate of drug-likeness (QED) is 0.739. The summed E-state index contributed by atoms with van der Waals surface area (Å²) in [4.78, 5) is 22.3. The minimum absolute atomic E-state index is 0.120. The fourth-order valence-corrected chi connectivity index (χ4v) is 4.81. The molecular formula is C20H24N4O4S. The van der Waals surface area contributed by atoms with Crippen molar-refractivity contribution >= 4 is 15.9 Å². The van der Waals surface area contributed by atoms with Crippen molar-refractivity contribution in [1.29, 1.82) is 0 Å². The fraction of sp³-hybridized carbons (Fsp3) is 0.450. The van der Waals surface area contributed by atoms with Crippen LogP contribution < -0.4 is 4.74 Å². The molecule has 1 aromatic heterocycles. The Kier molecular flexibility index (Phi) is 5.04.